The molecule has 0 bridgehead atoms. The Kier molecular flexibility index (Phi) is 11.0. The first-order valence-electron chi connectivity index (χ1n) is 11.3. The van der Waals surface area contributed by atoms with Gasteiger partial charge in [-0.15, -0.1) is 12.4 Å². The van der Waals surface area contributed by atoms with Gasteiger partial charge in [0.15, 0.2) is 23.0 Å². The summed E-state index contributed by atoms with van der Waals surface area (Å²) in [5, 5.41) is 0. The van der Waals surface area contributed by atoms with Crippen LogP contribution in [0.5, 0.6) is 23.0 Å². The van der Waals surface area contributed by atoms with E-state index in [9.17, 15) is 4.79 Å². The Morgan fingerprint density at radius 3 is 2.24 bits per heavy atom. The van der Waals surface area contributed by atoms with Crippen LogP contribution in [0.1, 0.15) is 29.5 Å². The second-order valence-corrected chi connectivity index (χ2v) is 7.95. The van der Waals surface area contributed by atoms with Gasteiger partial charge in [0.2, 0.25) is 5.91 Å². The summed E-state index contributed by atoms with van der Waals surface area (Å²) >= 11 is 0. The van der Waals surface area contributed by atoms with E-state index in [0.717, 1.165) is 54.9 Å². The number of carbonyl (C=O) groups excluding carboxylic acids is 1. The molecule has 8 heteroatoms. The van der Waals surface area contributed by atoms with E-state index >= 15 is 0 Å². The van der Waals surface area contributed by atoms with Gasteiger partial charge in [0.05, 0.1) is 34.9 Å². The van der Waals surface area contributed by atoms with Gasteiger partial charge in [0.1, 0.15) is 0 Å². The molecule has 0 atom stereocenters. The minimum Gasteiger partial charge on any atom is -0.493 e. The van der Waals surface area contributed by atoms with E-state index in [-0.39, 0.29) is 18.3 Å². The third-order valence-electron chi connectivity index (χ3n) is 5.91. The summed E-state index contributed by atoms with van der Waals surface area (Å²) in [6, 6.07) is 9.91. The SMILES string of the molecule is COc1ccc(CCCN=CCCN2CCc3cc(OC)c(OC)cc3CC2=O)cc1OC.Cl. The zero-order valence-corrected chi connectivity index (χ0v) is 21.3. The number of hydrogen-bond donors (Lipinski definition) is 0. The van der Waals surface area contributed by atoms with Gasteiger partial charge in [-0.05, 0) is 66.6 Å². The third-order valence-corrected chi connectivity index (χ3v) is 5.91. The van der Waals surface area contributed by atoms with Gasteiger partial charge < -0.3 is 23.8 Å². The Balaban J connectivity index is 0.00000408. The van der Waals surface area contributed by atoms with Crippen molar-refractivity contribution in [1.82, 2.24) is 4.90 Å². The van der Waals surface area contributed by atoms with E-state index < -0.39 is 0 Å². The molecule has 0 spiro atoms. The van der Waals surface area contributed by atoms with Crippen LogP contribution in [0.2, 0.25) is 0 Å². The Hall–Kier alpha value is -2.93. The minimum absolute atomic E-state index is 0. The number of ether oxygens (including phenoxy) is 4. The average molecular weight is 491 g/mol. The standard InChI is InChI=1S/C26H34N2O5.ClH/c1-30-22-9-8-19(15-23(22)31-2)7-5-11-27-12-6-13-28-14-10-20-16-24(32-3)25(33-4)17-21(20)18-26(28)29;/h8-9,12,15-17H,5-7,10-11,13-14,18H2,1-4H3;1H. The van der Waals surface area contributed by atoms with E-state index in [1.54, 1.807) is 28.4 Å². The number of aryl methyl sites for hydroxylation is 1. The normalized spacial score (nSPS) is 13.2. The number of carbonyl (C=O) groups is 1. The zero-order valence-electron chi connectivity index (χ0n) is 20.5. The maximum Gasteiger partial charge on any atom is 0.227 e. The number of rotatable bonds is 11. The number of fused-ring (bicyclic) bond motifs is 1. The molecule has 0 aromatic heterocycles. The van der Waals surface area contributed by atoms with Crippen LogP contribution in [0.4, 0.5) is 0 Å². The van der Waals surface area contributed by atoms with Crippen molar-refractivity contribution in [3.8, 4) is 23.0 Å². The van der Waals surface area contributed by atoms with Crippen LogP contribution < -0.4 is 18.9 Å². The van der Waals surface area contributed by atoms with E-state index in [0.29, 0.717) is 31.0 Å². The number of nitrogens with zero attached hydrogens (tertiary/aromatic N) is 2. The van der Waals surface area contributed by atoms with Gasteiger partial charge in [0.25, 0.3) is 0 Å². The second kappa shape index (κ2) is 13.7. The van der Waals surface area contributed by atoms with Crippen molar-refractivity contribution in [1.29, 1.82) is 0 Å². The number of aliphatic imine (C=N–C) groups is 1. The minimum atomic E-state index is 0. The maximum absolute atomic E-state index is 12.7. The first-order valence-corrected chi connectivity index (χ1v) is 11.3. The van der Waals surface area contributed by atoms with Gasteiger partial charge >= 0.3 is 0 Å². The molecule has 0 aliphatic carbocycles. The highest BCUT2D eigenvalue weighted by molar-refractivity contribution is 5.85. The summed E-state index contributed by atoms with van der Waals surface area (Å²) in [4.78, 5) is 19.2. The smallest absolute Gasteiger partial charge is 0.227 e. The fourth-order valence-electron chi connectivity index (χ4n) is 4.06. The van der Waals surface area contributed by atoms with Crippen molar-refractivity contribution in [2.75, 3.05) is 48.1 Å². The second-order valence-electron chi connectivity index (χ2n) is 7.95. The lowest BCUT2D eigenvalue weighted by molar-refractivity contribution is -0.130. The number of benzene rings is 2. The quantitative estimate of drug-likeness (QED) is 0.349. The highest BCUT2D eigenvalue weighted by Gasteiger charge is 2.22. The Bertz CT molecular complexity index is 980. The van der Waals surface area contributed by atoms with Crippen molar-refractivity contribution in [3.63, 3.8) is 0 Å². The molecule has 0 radical (unpaired) electrons. The van der Waals surface area contributed by atoms with Gasteiger partial charge in [-0.2, -0.15) is 0 Å². The van der Waals surface area contributed by atoms with Crippen LogP contribution in [-0.2, 0) is 24.1 Å². The van der Waals surface area contributed by atoms with E-state index in [2.05, 4.69) is 11.1 Å². The van der Waals surface area contributed by atoms with Crippen LogP contribution >= 0.6 is 12.4 Å². The summed E-state index contributed by atoms with van der Waals surface area (Å²) in [7, 11) is 6.53. The molecule has 0 N–H and O–H groups in total. The van der Waals surface area contributed by atoms with Crippen LogP contribution in [-0.4, -0.2) is 65.1 Å². The highest BCUT2D eigenvalue weighted by atomic mass is 35.5. The topological polar surface area (TPSA) is 69.6 Å². The molecular weight excluding hydrogens is 456 g/mol. The maximum atomic E-state index is 12.7. The van der Waals surface area contributed by atoms with Gasteiger partial charge in [0, 0.05) is 25.8 Å². The van der Waals surface area contributed by atoms with Crippen LogP contribution in [0.15, 0.2) is 35.3 Å². The van der Waals surface area contributed by atoms with Crippen molar-refractivity contribution < 1.29 is 23.7 Å². The predicted octanol–water partition coefficient (Wildman–Crippen LogP) is 4.16. The summed E-state index contributed by atoms with van der Waals surface area (Å²) < 4.78 is 21.4. The van der Waals surface area contributed by atoms with E-state index in [1.807, 2.05) is 35.4 Å². The zero-order chi connectivity index (χ0) is 23.6. The lowest BCUT2D eigenvalue weighted by atomic mass is 10.0. The number of methoxy groups -OCH3 is 4. The Morgan fingerprint density at radius 1 is 0.912 bits per heavy atom. The number of amides is 1. The van der Waals surface area contributed by atoms with Crippen molar-refractivity contribution in [2.24, 2.45) is 4.99 Å². The van der Waals surface area contributed by atoms with Crippen molar-refractivity contribution in [3.05, 3.63) is 47.0 Å². The Morgan fingerprint density at radius 2 is 1.56 bits per heavy atom. The number of halogens is 1. The molecule has 0 saturated carbocycles. The molecule has 2 aromatic carbocycles. The molecule has 3 rings (SSSR count). The monoisotopic (exact) mass is 490 g/mol. The van der Waals surface area contributed by atoms with Crippen molar-refractivity contribution in [2.45, 2.75) is 32.1 Å². The summed E-state index contributed by atoms with van der Waals surface area (Å²) in [6.45, 7) is 2.14. The highest BCUT2D eigenvalue weighted by Crippen LogP contribution is 2.32. The van der Waals surface area contributed by atoms with Gasteiger partial charge in [-0.3, -0.25) is 9.79 Å². The number of hydrogen-bond acceptors (Lipinski definition) is 6. The molecular formula is C26H35ClN2O5. The Labute approximate surface area is 208 Å². The first kappa shape index (κ1) is 27.3. The fourth-order valence-corrected chi connectivity index (χ4v) is 4.06. The summed E-state index contributed by atoms with van der Waals surface area (Å²) in [6.07, 6.45) is 5.76. The van der Waals surface area contributed by atoms with Gasteiger partial charge in [-0.1, -0.05) is 6.07 Å². The molecule has 1 aliphatic heterocycles. The summed E-state index contributed by atoms with van der Waals surface area (Å²) in [5.41, 5.74) is 3.36. The predicted molar refractivity (Wildman–Crippen MR) is 137 cm³/mol. The largest absolute Gasteiger partial charge is 0.493 e. The molecule has 0 fully saturated rings. The molecule has 34 heavy (non-hydrogen) atoms. The lowest BCUT2D eigenvalue weighted by Gasteiger charge is -2.19. The molecule has 1 amide bonds. The average Bonchev–Trinajstić information content (AvgIpc) is 2.99. The lowest BCUT2D eigenvalue weighted by Crippen LogP contribution is -2.33. The van der Waals surface area contributed by atoms with E-state index in [1.165, 1.54) is 5.56 Å². The van der Waals surface area contributed by atoms with Crippen LogP contribution in [0.25, 0.3) is 0 Å². The van der Waals surface area contributed by atoms with Crippen molar-refractivity contribution >= 4 is 24.5 Å². The van der Waals surface area contributed by atoms with E-state index in [4.69, 9.17) is 18.9 Å². The molecule has 0 saturated heterocycles. The molecule has 7 nitrogen and oxygen atoms in total. The molecule has 1 aliphatic rings. The molecule has 2 aromatic rings. The third kappa shape index (κ3) is 7.03. The van der Waals surface area contributed by atoms with Gasteiger partial charge in [-0.25, -0.2) is 0 Å². The molecule has 186 valence electrons. The van der Waals surface area contributed by atoms with Crippen LogP contribution in [0.3, 0.4) is 0 Å². The molecule has 1 heterocycles. The first-order chi connectivity index (χ1) is 16.1. The van der Waals surface area contributed by atoms with Crippen LogP contribution in [0, 0.1) is 0 Å². The summed E-state index contributed by atoms with van der Waals surface area (Å²) in [5.74, 6) is 3.00. The molecule has 0 unspecified atom stereocenters. The fraction of sp³-hybridized carbons (Fsp3) is 0.462.